The Morgan fingerprint density at radius 2 is 1.91 bits per heavy atom. The highest BCUT2D eigenvalue weighted by Gasteiger charge is 2.16. The number of nitrogens with one attached hydrogen (secondary N) is 3. The molecular formula is C24H34N8O2S. The molecule has 3 N–H and O–H groups in total. The zero-order valence-corrected chi connectivity index (χ0v) is 21.4. The van der Waals surface area contributed by atoms with E-state index in [2.05, 4.69) is 35.9 Å². The second kappa shape index (κ2) is 12.8. The van der Waals surface area contributed by atoms with Crippen LogP contribution in [0.5, 0.6) is 0 Å². The highest BCUT2D eigenvalue weighted by atomic mass is 32.1. The van der Waals surface area contributed by atoms with E-state index in [1.54, 1.807) is 26.6 Å². The van der Waals surface area contributed by atoms with Gasteiger partial charge in [-0.2, -0.15) is 0 Å². The standard InChI is InChI=1S/C24H34N8O2S/c1-16-9-20(31-23(29-16)30-17-7-5-4-6-8-17)21-13-28-24(35-21)32-22-14-26-18(11-27-22)10-25-12-19(34-3)15-33-2/h9,11,13-14,17,19,25H,4-8,10,12,15H2,1-3H3,(H,27,28,32)(H,29,30,31). The van der Waals surface area contributed by atoms with Gasteiger partial charge in [0.25, 0.3) is 0 Å². The van der Waals surface area contributed by atoms with Crippen molar-refractivity contribution in [2.45, 2.75) is 57.7 Å². The molecule has 0 amide bonds. The van der Waals surface area contributed by atoms with E-state index in [0.29, 0.717) is 37.5 Å². The third kappa shape index (κ3) is 7.63. The molecule has 0 saturated heterocycles. The fourth-order valence-corrected chi connectivity index (χ4v) is 4.80. The highest BCUT2D eigenvalue weighted by molar-refractivity contribution is 7.18. The van der Waals surface area contributed by atoms with Crippen molar-refractivity contribution in [1.82, 2.24) is 30.2 Å². The summed E-state index contributed by atoms with van der Waals surface area (Å²) >= 11 is 1.53. The van der Waals surface area contributed by atoms with Crippen LogP contribution < -0.4 is 16.0 Å². The van der Waals surface area contributed by atoms with E-state index in [9.17, 15) is 0 Å². The van der Waals surface area contributed by atoms with Crippen LogP contribution >= 0.6 is 11.3 Å². The lowest BCUT2D eigenvalue weighted by Crippen LogP contribution is -2.31. The topological polar surface area (TPSA) is 119 Å². The maximum atomic E-state index is 5.34. The van der Waals surface area contributed by atoms with Gasteiger partial charge in [-0.3, -0.25) is 4.98 Å². The Morgan fingerprint density at radius 3 is 2.66 bits per heavy atom. The van der Waals surface area contributed by atoms with E-state index < -0.39 is 0 Å². The zero-order chi connectivity index (χ0) is 24.5. The van der Waals surface area contributed by atoms with E-state index in [4.69, 9.17) is 14.5 Å². The Hall–Kier alpha value is -2.73. The van der Waals surface area contributed by atoms with Crippen LogP contribution in [0.2, 0.25) is 0 Å². The molecule has 3 aromatic heterocycles. The van der Waals surface area contributed by atoms with Crippen molar-refractivity contribution in [2.75, 3.05) is 38.0 Å². The molecule has 11 heteroatoms. The van der Waals surface area contributed by atoms with Crippen LogP contribution in [0, 0.1) is 6.92 Å². The van der Waals surface area contributed by atoms with Crippen LogP contribution in [0.3, 0.4) is 0 Å². The maximum Gasteiger partial charge on any atom is 0.223 e. The molecule has 4 rings (SSSR count). The molecule has 1 saturated carbocycles. The van der Waals surface area contributed by atoms with Crippen molar-refractivity contribution < 1.29 is 9.47 Å². The molecule has 3 heterocycles. The Morgan fingerprint density at radius 1 is 1.06 bits per heavy atom. The minimum atomic E-state index is 0.00536. The number of rotatable bonds is 12. The van der Waals surface area contributed by atoms with Gasteiger partial charge in [0.05, 0.1) is 41.4 Å². The van der Waals surface area contributed by atoms with Gasteiger partial charge in [-0.25, -0.2) is 19.9 Å². The summed E-state index contributed by atoms with van der Waals surface area (Å²) in [5.41, 5.74) is 2.65. The summed E-state index contributed by atoms with van der Waals surface area (Å²) in [7, 11) is 3.34. The first-order valence-corrected chi connectivity index (χ1v) is 12.8. The van der Waals surface area contributed by atoms with Crippen molar-refractivity contribution >= 4 is 28.2 Å². The van der Waals surface area contributed by atoms with Crippen LogP contribution in [0.15, 0.2) is 24.7 Å². The molecule has 35 heavy (non-hydrogen) atoms. The minimum absolute atomic E-state index is 0.00536. The number of aryl methyl sites for hydroxylation is 1. The number of hydrogen-bond acceptors (Lipinski definition) is 11. The molecule has 10 nitrogen and oxygen atoms in total. The van der Waals surface area contributed by atoms with Crippen LogP contribution in [0.4, 0.5) is 16.9 Å². The number of methoxy groups -OCH3 is 2. The van der Waals surface area contributed by atoms with Crippen LogP contribution in [0.1, 0.15) is 43.5 Å². The third-order valence-electron chi connectivity index (χ3n) is 5.86. The summed E-state index contributed by atoms with van der Waals surface area (Å²) in [5.74, 6) is 1.34. The van der Waals surface area contributed by atoms with Gasteiger partial charge in [0, 0.05) is 45.2 Å². The average molecular weight is 499 g/mol. The molecule has 0 radical (unpaired) electrons. The fourth-order valence-electron chi connectivity index (χ4n) is 4.02. The molecule has 188 valence electrons. The number of nitrogens with zero attached hydrogens (tertiary/aromatic N) is 5. The van der Waals surface area contributed by atoms with E-state index in [1.165, 1.54) is 43.4 Å². The largest absolute Gasteiger partial charge is 0.382 e. The Balaban J connectivity index is 1.33. The van der Waals surface area contributed by atoms with Gasteiger partial charge in [0.15, 0.2) is 10.9 Å². The average Bonchev–Trinajstić information content (AvgIpc) is 3.33. The molecule has 1 atom stereocenters. The van der Waals surface area contributed by atoms with Gasteiger partial charge in [0.2, 0.25) is 5.95 Å². The smallest absolute Gasteiger partial charge is 0.223 e. The van der Waals surface area contributed by atoms with E-state index >= 15 is 0 Å². The summed E-state index contributed by atoms with van der Waals surface area (Å²) in [6.07, 6.45) is 11.5. The first-order valence-electron chi connectivity index (χ1n) is 12.0. The van der Waals surface area contributed by atoms with Gasteiger partial charge < -0.3 is 25.4 Å². The van der Waals surface area contributed by atoms with Crippen molar-refractivity contribution in [3.05, 3.63) is 36.0 Å². The van der Waals surface area contributed by atoms with E-state index in [0.717, 1.165) is 27.1 Å². The fraction of sp³-hybridized carbons (Fsp3) is 0.542. The van der Waals surface area contributed by atoms with Crippen LogP contribution in [-0.4, -0.2) is 64.4 Å². The third-order valence-corrected chi connectivity index (χ3v) is 6.79. The normalized spacial score (nSPS) is 15.2. The Bertz CT molecular complexity index is 1060. The summed E-state index contributed by atoms with van der Waals surface area (Å²) in [6, 6.07) is 2.45. The maximum absolute atomic E-state index is 5.34. The summed E-state index contributed by atoms with van der Waals surface area (Å²) < 4.78 is 10.5. The lowest BCUT2D eigenvalue weighted by Gasteiger charge is -2.22. The van der Waals surface area contributed by atoms with Crippen molar-refractivity contribution in [1.29, 1.82) is 0 Å². The molecule has 1 fully saturated rings. The zero-order valence-electron chi connectivity index (χ0n) is 20.6. The second-order valence-corrected chi connectivity index (χ2v) is 9.72. The van der Waals surface area contributed by atoms with Crippen LogP contribution in [0.25, 0.3) is 10.6 Å². The van der Waals surface area contributed by atoms with Gasteiger partial charge >= 0.3 is 0 Å². The predicted molar refractivity (Wildman–Crippen MR) is 138 cm³/mol. The molecule has 1 aliphatic rings. The SMILES string of the molecule is COCC(CNCc1cnc(Nc2ncc(-c3cc(C)nc(NC4CCCCC4)n3)s2)cn1)OC. The number of aromatic nitrogens is 5. The Labute approximate surface area is 210 Å². The lowest BCUT2D eigenvalue weighted by atomic mass is 9.96. The minimum Gasteiger partial charge on any atom is -0.382 e. The summed E-state index contributed by atoms with van der Waals surface area (Å²) in [6.45, 7) is 3.81. The number of hydrogen-bond donors (Lipinski definition) is 3. The van der Waals surface area contributed by atoms with Crippen molar-refractivity contribution in [3.8, 4) is 10.6 Å². The predicted octanol–water partition coefficient (Wildman–Crippen LogP) is 3.94. The quantitative estimate of drug-likeness (QED) is 0.339. The molecule has 0 aliphatic heterocycles. The molecule has 0 spiro atoms. The van der Waals surface area contributed by atoms with Crippen molar-refractivity contribution in [3.63, 3.8) is 0 Å². The van der Waals surface area contributed by atoms with E-state index in [1.807, 2.05) is 19.2 Å². The molecule has 1 aliphatic carbocycles. The van der Waals surface area contributed by atoms with Crippen LogP contribution in [-0.2, 0) is 16.0 Å². The highest BCUT2D eigenvalue weighted by Crippen LogP contribution is 2.30. The van der Waals surface area contributed by atoms with Crippen molar-refractivity contribution in [2.24, 2.45) is 0 Å². The monoisotopic (exact) mass is 498 g/mol. The Kier molecular flexibility index (Phi) is 9.29. The summed E-state index contributed by atoms with van der Waals surface area (Å²) in [5, 5.41) is 10.8. The number of ether oxygens (including phenoxy) is 2. The van der Waals surface area contributed by atoms with E-state index in [-0.39, 0.29) is 6.10 Å². The van der Waals surface area contributed by atoms with Gasteiger partial charge in [0.1, 0.15) is 0 Å². The van der Waals surface area contributed by atoms with Gasteiger partial charge in [-0.1, -0.05) is 30.6 Å². The van der Waals surface area contributed by atoms with Gasteiger partial charge in [-0.05, 0) is 25.8 Å². The second-order valence-electron chi connectivity index (χ2n) is 8.69. The number of thiazole rings is 1. The first kappa shape index (κ1) is 25.4. The first-order chi connectivity index (χ1) is 17.1. The molecular weight excluding hydrogens is 464 g/mol. The molecule has 0 aromatic carbocycles. The molecule has 3 aromatic rings. The van der Waals surface area contributed by atoms with Gasteiger partial charge in [-0.15, -0.1) is 0 Å². The summed E-state index contributed by atoms with van der Waals surface area (Å²) in [4.78, 5) is 23.8. The lowest BCUT2D eigenvalue weighted by molar-refractivity contribution is 0.0287. The number of anilines is 3. The molecule has 1 unspecified atom stereocenters. The molecule has 0 bridgehead atoms.